The number of methoxy groups -OCH3 is 2. The van der Waals surface area contributed by atoms with Gasteiger partial charge >= 0.3 is 0 Å². The Morgan fingerprint density at radius 3 is 2.18 bits per heavy atom. The third kappa shape index (κ3) is 5.42. The number of rotatable bonds is 7. The van der Waals surface area contributed by atoms with Crippen LogP contribution >= 0.6 is 0 Å². The van der Waals surface area contributed by atoms with E-state index in [4.69, 9.17) is 14.5 Å². The molecule has 1 atom stereocenters. The molecule has 1 fully saturated rings. The molecule has 7 heteroatoms. The number of benzene rings is 3. The number of ether oxygens (including phenoxy) is 2. The standard InChI is InChI=1S/C31H33N3O4/c1-37-24-16-12-21(13-17-24)20-34-29(30(35)32-23-8-4-3-5-9-23)28(22-14-18-25(38-2)19-15-22)33-27-11-7-6-10-26(27)31(34)36/h6-7,10-19,23,29H,3-5,8-9,20H2,1-2H3,(H,32,35). The molecule has 1 unspecified atom stereocenters. The number of carbonyl (C=O) groups excluding carboxylic acids is 2. The van der Waals surface area contributed by atoms with E-state index < -0.39 is 6.04 Å². The highest BCUT2D eigenvalue weighted by Gasteiger charge is 2.39. The van der Waals surface area contributed by atoms with Crippen LogP contribution in [-0.2, 0) is 11.3 Å². The van der Waals surface area contributed by atoms with Crippen molar-refractivity contribution in [1.82, 2.24) is 10.2 Å². The lowest BCUT2D eigenvalue weighted by Gasteiger charge is -2.33. The first kappa shape index (κ1) is 25.5. The highest BCUT2D eigenvalue weighted by atomic mass is 16.5. The van der Waals surface area contributed by atoms with Crippen molar-refractivity contribution in [2.45, 2.75) is 50.7 Å². The highest BCUT2D eigenvalue weighted by molar-refractivity contribution is 6.21. The Hall–Kier alpha value is -4.13. The van der Waals surface area contributed by atoms with E-state index >= 15 is 0 Å². The summed E-state index contributed by atoms with van der Waals surface area (Å²) >= 11 is 0. The SMILES string of the molecule is COc1ccc(CN2C(=O)c3ccccc3N=C(c3ccc(OC)cc3)C2C(=O)NC2CCCCC2)cc1. The largest absolute Gasteiger partial charge is 0.497 e. The molecule has 196 valence electrons. The van der Waals surface area contributed by atoms with Crippen LogP contribution in [0.2, 0.25) is 0 Å². The summed E-state index contributed by atoms with van der Waals surface area (Å²) in [4.78, 5) is 34.8. The molecular formula is C31H33N3O4. The quantitative estimate of drug-likeness (QED) is 0.467. The predicted molar refractivity (Wildman–Crippen MR) is 147 cm³/mol. The summed E-state index contributed by atoms with van der Waals surface area (Å²) in [5.74, 6) is 1.000. The average Bonchev–Trinajstić information content (AvgIpc) is 3.08. The van der Waals surface area contributed by atoms with Gasteiger partial charge in [-0.05, 0) is 72.5 Å². The van der Waals surface area contributed by atoms with Crippen molar-refractivity contribution in [1.29, 1.82) is 0 Å². The van der Waals surface area contributed by atoms with Gasteiger partial charge in [0.2, 0.25) is 5.91 Å². The first-order chi connectivity index (χ1) is 18.6. The molecule has 1 N–H and O–H groups in total. The molecule has 1 aliphatic carbocycles. The smallest absolute Gasteiger partial charge is 0.257 e. The Morgan fingerprint density at radius 2 is 1.53 bits per heavy atom. The molecule has 1 aliphatic heterocycles. The van der Waals surface area contributed by atoms with Gasteiger partial charge in [-0.2, -0.15) is 0 Å². The number of hydrogen-bond donors (Lipinski definition) is 1. The van der Waals surface area contributed by atoms with Gasteiger partial charge in [0.15, 0.2) is 6.04 Å². The number of hydrogen-bond acceptors (Lipinski definition) is 5. The van der Waals surface area contributed by atoms with E-state index in [1.165, 1.54) is 6.42 Å². The zero-order valence-corrected chi connectivity index (χ0v) is 21.9. The molecule has 1 saturated carbocycles. The molecule has 0 spiro atoms. The van der Waals surface area contributed by atoms with E-state index in [-0.39, 0.29) is 24.4 Å². The molecular weight excluding hydrogens is 478 g/mol. The Bertz CT molecular complexity index is 1310. The molecule has 0 aromatic heterocycles. The van der Waals surface area contributed by atoms with E-state index in [0.29, 0.717) is 22.7 Å². The molecule has 0 saturated heterocycles. The van der Waals surface area contributed by atoms with Crippen molar-refractivity contribution in [2.24, 2.45) is 4.99 Å². The normalized spacial score (nSPS) is 17.7. The van der Waals surface area contributed by atoms with E-state index in [9.17, 15) is 9.59 Å². The summed E-state index contributed by atoms with van der Waals surface area (Å²) in [7, 11) is 3.23. The first-order valence-corrected chi connectivity index (χ1v) is 13.1. The summed E-state index contributed by atoms with van der Waals surface area (Å²) in [5.41, 5.74) is 3.21. The molecule has 7 nitrogen and oxygen atoms in total. The van der Waals surface area contributed by atoms with Crippen LogP contribution in [0.25, 0.3) is 0 Å². The number of amides is 2. The highest BCUT2D eigenvalue weighted by Crippen LogP contribution is 2.31. The van der Waals surface area contributed by atoms with Crippen molar-refractivity contribution in [2.75, 3.05) is 14.2 Å². The van der Waals surface area contributed by atoms with Crippen molar-refractivity contribution in [3.63, 3.8) is 0 Å². The maximum Gasteiger partial charge on any atom is 0.257 e. The van der Waals surface area contributed by atoms with Crippen molar-refractivity contribution >= 4 is 23.2 Å². The molecule has 0 radical (unpaired) electrons. The van der Waals surface area contributed by atoms with Crippen LogP contribution in [0.5, 0.6) is 11.5 Å². The second-order valence-electron chi connectivity index (χ2n) is 9.77. The molecule has 0 bridgehead atoms. The number of nitrogens with zero attached hydrogens (tertiary/aromatic N) is 2. The van der Waals surface area contributed by atoms with Gasteiger partial charge in [0.05, 0.1) is 31.2 Å². The monoisotopic (exact) mass is 511 g/mol. The number of para-hydroxylation sites is 1. The summed E-state index contributed by atoms with van der Waals surface area (Å²) in [5, 5.41) is 3.26. The van der Waals surface area contributed by atoms with Gasteiger partial charge < -0.3 is 19.7 Å². The van der Waals surface area contributed by atoms with Crippen LogP contribution in [0.3, 0.4) is 0 Å². The van der Waals surface area contributed by atoms with E-state index in [1.807, 2.05) is 66.7 Å². The van der Waals surface area contributed by atoms with Crippen LogP contribution in [-0.4, -0.2) is 48.7 Å². The van der Waals surface area contributed by atoms with E-state index in [1.54, 1.807) is 25.2 Å². The minimum Gasteiger partial charge on any atom is -0.497 e. The number of carbonyl (C=O) groups is 2. The van der Waals surface area contributed by atoms with Crippen LogP contribution in [0, 0.1) is 0 Å². The lowest BCUT2D eigenvalue weighted by Crippen LogP contribution is -2.55. The molecule has 3 aromatic carbocycles. The fourth-order valence-electron chi connectivity index (χ4n) is 5.23. The molecule has 1 heterocycles. The number of aliphatic imine (C=N–C) groups is 1. The summed E-state index contributed by atoms with van der Waals surface area (Å²) in [6.07, 6.45) is 5.26. The van der Waals surface area contributed by atoms with Gasteiger partial charge in [-0.1, -0.05) is 43.5 Å². The van der Waals surface area contributed by atoms with Crippen molar-refractivity contribution in [3.05, 3.63) is 89.5 Å². The molecule has 2 amide bonds. The molecule has 2 aliphatic rings. The van der Waals surface area contributed by atoms with Crippen LogP contribution < -0.4 is 14.8 Å². The topological polar surface area (TPSA) is 80.2 Å². The van der Waals surface area contributed by atoms with Crippen LogP contribution in [0.4, 0.5) is 5.69 Å². The average molecular weight is 512 g/mol. The van der Waals surface area contributed by atoms with Gasteiger partial charge in [0.1, 0.15) is 11.5 Å². The van der Waals surface area contributed by atoms with Crippen LogP contribution in [0.1, 0.15) is 53.6 Å². The number of nitrogens with one attached hydrogen (secondary N) is 1. The zero-order chi connectivity index (χ0) is 26.5. The van der Waals surface area contributed by atoms with Crippen molar-refractivity contribution < 1.29 is 19.1 Å². The van der Waals surface area contributed by atoms with Crippen LogP contribution in [0.15, 0.2) is 77.8 Å². The Morgan fingerprint density at radius 1 is 0.895 bits per heavy atom. The van der Waals surface area contributed by atoms with Gasteiger partial charge in [-0.3, -0.25) is 9.59 Å². The van der Waals surface area contributed by atoms with Gasteiger partial charge in [-0.15, -0.1) is 0 Å². The maximum absolute atomic E-state index is 14.1. The number of fused-ring (bicyclic) bond motifs is 1. The Balaban J connectivity index is 1.61. The second kappa shape index (κ2) is 11.5. The second-order valence-corrected chi connectivity index (χ2v) is 9.77. The van der Waals surface area contributed by atoms with E-state index in [0.717, 1.165) is 42.6 Å². The summed E-state index contributed by atoms with van der Waals surface area (Å²) in [6, 6.07) is 21.5. The van der Waals surface area contributed by atoms with Gasteiger partial charge in [0, 0.05) is 12.6 Å². The van der Waals surface area contributed by atoms with E-state index in [2.05, 4.69) is 5.32 Å². The Labute approximate surface area is 223 Å². The summed E-state index contributed by atoms with van der Waals surface area (Å²) in [6.45, 7) is 0.245. The lowest BCUT2D eigenvalue weighted by atomic mass is 9.94. The summed E-state index contributed by atoms with van der Waals surface area (Å²) < 4.78 is 10.7. The Kier molecular flexibility index (Phi) is 7.73. The lowest BCUT2D eigenvalue weighted by molar-refractivity contribution is -0.124. The zero-order valence-electron chi connectivity index (χ0n) is 21.9. The molecule has 3 aromatic rings. The molecule has 5 rings (SSSR count). The fraction of sp³-hybridized carbons (Fsp3) is 0.323. The predicted octanol–water partition coefficient (Wildman–Crippen LogP) is 5.30. The minimum absolute atomic E-state index is 0.0944. The first-order valence-electron chi connectivity index (χ1n) is 13.1. The third-order valence-corrected chi connectivity index (χ3v) is 7.30. The van der Waals surface area contributed by atoms with Gasteiger partial charge in [0.25, 0.3) is 5.91 Å². The molecule has 38 heavy (non-hydrogen) atoms. The maximum atomic E-state index is 14.1. The minimum atomic E-state index is -0.910. The van der Waals surface area contributed by atoms with Crippen molar-refractivity contribution in [3.8, 4) is 11.5 Å². The third-order valence-electron chi connectivity index (χ3n) is 7.30. The van der Waals surface area contributed by atoms with Gasteiger partial charge in [-0.25, -0.2) is 4.99 Å². The fourth-order valence-corrected chi connectivity index (χ4v) is 5.23.